The van der Waals surface area contributed by atoms with Gasteiger partial charge in [0, 0.05) is 17.7 Å². The molecule has 1 atom stereocenters. The Kier molecular flexibility index (Phi) is 3.40. The maximum Gasteiger partial charge on any atom is 0.323 e. The van der Waals surface area contributed by atoms with E-state index in [4.69, 9.17) is 28.9 Å². The summed E-state index contributed by atoms with van der Waals surface area (Å²) in [6.45, 7) is 0.126. The van der Waals surface area contributed by atoms with E-state index in [0.29, 0.717) is 28.4 Å². The zero-order chi connectivity index (χ0) is 14.4. The van der Waals surface area contributed by atoms with E-state index in [-0.39, 0.29) is 12.5 Å². The smallest absolute Gasteiger partial charge is 0.323 e. The first-order valence-corrected chi connectivity index (χ1v) is 7.21. The number of benzene rings is 1. The molecule has 0 saturated carbocycles. The summed E-state index contributed by atoms with van der Waals surface area (Å²) in [6.07, 6.45) is 2.22. The molecule has 1 amide bonds. The lowest BCUT2D eigenvalue weighted by molar-refractivity contribution is 0.212. The number of nitrogens with zero attached hydrogens (tertiary/aromatic N) is 1. The first-order chi connectivity index (χ1) is 9.54. The fourth-order valence-corrected chi connectivity index (χ4v) is 3.49. The number of carbonyl (C=O) groups excluding carboxylic acids is 1. The molecular formula is C14H14Cl2N2O2. The molecule has 1 aromatic carbocycles. The summed E-state index contributed by atoms with van der Waals surface area (Å²) in [5.74, 6) is 0.185. The van der Waals surface area contributed by atoms with Crippen LogP contribution in [0.5, 0.6) is 0 Å². The fraction of sp³-hybridized carbons (Fsp3) is 0.357. The van der Waals surface area contributed by atoms with Crippen LogP contribution in [0.4, 0.5) is 4.79 Å². The summed E-state index contributed by atoms with van der Waals surface area (Å²) in [6, 6.07) is 2.92. The maximum atomic E-state index is 11.8. The number of nitrogens with two attached hydrogens (primary N) is 1. The quantitative estimate of drug-likeness (QED) is 0.850. The predicted molar refractivity (Wildman–Crippen MR) is 79.5 cm³/mol. The molecular weight excluding hydrogens is 299 g/mol. The number of primary amides is 1. The van der Waals surface area contributed by atoms with E-state index in [1.807, 2.05) is 0 Å². The van der Waals surface area contributed by atoms with Crippen LogP contribution >= 0.6 is 23.2 Å². The SMILES string of the molecule is NC(=O)n1c2c(c3c(Cl)c(Cl)ccc31)CC(CO)CC2. The Morgan fingerprint density at radius 1 is 1.45 bits per heavy atom. The van der Waals surface area contributed by atoms with E-state index in [1.54, 1.807) is 12.1 Å². The van der Waals surface area contributed by atoms with Crippen LogP contribution in [-0.2, 0) is 12.8 Å². The molecule has 6 heteroatoms. The van der Waals surface area contributed by atoms with Gasteiger partial charge in [-0.1, -0.05) is 23.2 Å². The number of aliphatic hydroxyl groups excluding tert-OH is 1. The zero-order valence-electron chi connectivity index (χ0n) is 10.7. The molecule has 3 rings (SSSR count). The van der Waals surface area contributed by atoms with Crippen LogP contribution in [0.1, 0.15) is 17.7 Å². The molecule has 0 bridgehead atoms. The Hall–Kier alpha value is -1.23. The topological polar surface area (TPSA) is 68.2 Å². The van der Waals surface area contributed by atoms with E-state index in [2.05, 4.69) is 0 Å². The molecule has 0 spiro atoms. The number of halogens is 2. The van der Waals surface area contributed by atoms with E-state index >= 15 is 0 Å². The molecule has 1 unspecified atom stereocenters. The monoisotopic (exact) mass is 312 g/mol. The number of hydrogen-bond acceptors (Lipinski definition) is 2. The van der Waals surface area contributed by atoms with Crippen molar-refractivity contribution in [2.45, 2.75) is 19.3 Å². The number of aromatic nitrogens is 1. The summed E-state index contributed by atoms with van der Waals surface area (Å²) in [5, 5.41) is 11.1. The molecule has 1 heterocycles. The molecule has 1 aromatic heterocycles. The standard InChI is InChI=1S/C14H14Cl2N2O2/c15-9-2-4-11-12(13(9)16)8-5-7(6-19)1-3-10(8)18(11)14(17)20/h2,4,7,19H,1,3,5-6H2,(H2,17,20). The Morgan fingerprint density at radius 3 is 2.85 bits per heavy atom. The lowest BCUT2D eigenvalue weighted by Crippen LogP contribution is -2.25. The molecule has 0 radical (unpaired) electrons. The van der Waals surface area contributed by atoms with Crippen molar-refractivity contribution in [3.8, 4) is 0 Å². The van der Waals surface area contributed by atoms with E-state index in [9.17, 15) is 9.90 Å². The first kappa shape index (κ1) is 13.7. The van der Waals surface area contributed by atoms with Crippen LogP contribution < -0.4 is 5.73 Å². The van der Waals surface area contributed by atoms with E-state index < -0.39 is 6.03 Å². The maximum absolute atomic E-state index is 11.8. The second-order valence-electron chi connectivity index (χ2n) is 5.15. The molecule has 2 aromatic rings. The summed E-state index contributed by atoms with van der Waals surface area (Å²) in [7, 11) is 0. The second-order valence-corrected chi connectivity index (χ2v) is 5.93. The van der Waals surface area contributed by atoms with Crippen LogP contribution in [0.25, 0.3) is 10.9 Å². The number of amides is 1. The molecule has 106 valence electrons. The highest BCUT2D eigenvalue weighted by Crippen LogP contribution is 2.40. The molecule has 3 N–H and O–H groups in total. The third kappa shape index (κ3) is 1.91. The van der Waals surface area contributed by atoms with Gasteiger partial charge in [-0.05, 0) is 42.9 Å². The van der Waals surface area contributed by atoms with Crippen LogP contribution in [0, 0.1) is 5.92 Å². The summed E-state index contributed by atoms with van der Waals surface area (Å²) >= 11 is 12.4. The second kappa shape index (κ2) is 4.95. The van der Waals surface area contributed by atoms with Gasteiger partial charge in [-0.25, -0.2) is 4.79 Å². The van der Waals surface area contributed by atoms with Crippen molar-refractivity contribution in [2.24, 2.45) is 11.7 Å². The highest BCUT2D eigenvalue weighted by atomic mass is 35.5. The van der Waals surface area contributed by atoms with E-state index in [0.717, 1.165) is 23.1 Å². The Labute approximate surface area is 126 Å². The van der Waals surface area contributed by atoms with Gasteiger partial charge >= 0.3 is 6.03 Å². The van der Waals surface area contributed by atoms with Gasteiger partial charge in [0.2, 0.25) is 0 Å². The van der Waals surface area contributed by atoms with Gasteiger partial charge in [-0.3, -0.25) is 4.57 Å². The molecule has 1 aliphatic carbocycles. The zero-order valence-corrected chi connectivity index (χ0v) is 12.2. The Balaban J connectivity index is 2.36. The van der Waals surface area contributed by atoms with Gasteiger partial charge < -0.3 is 10.8 Å². The van der Waals surface area contributed by atoms with Crippen LogP contribution in [0.3, 0.4) is 0 Å². The highest BCUT2D eigenvalue weighted by molar-refractivity contribution is 6.45. The van der Waals surface area contributed by atoms with Gasteiger partial charge in [0.05, 0.1) is 15.6 Å². The predicted octanol–water partition coefficient (Wildman–Crippen LogP) is 2.97. The van der Waals surface area contributed by atoms with Crippen molar-refractivity contribution < 1.29 is 9.90 Å². The summed E-state index contributed by atoms with van der Waals surface area (Å²) in [4.78, 5) is 11.8. The number of fused-ring (bicyclic) bond motifs is 3. The largest absolute Gasteiger partial charge is 0.396 e. The fourth-order valence-electron chi connectivity index (χ4n) is 3.06. The van der Waals surface area contributed by atoms with Gasteiger partial charge in [0.1, 0.15) is 0 Å². The normalized spacial score (nSPS) is 18.2. The minimum Gasteiger partial charge on any atom is -0.396 e. The minimum atomic E-state index is -0.517. The Morgan fingerprint density at radius 2 is 2.20 bits per heavy atom. The lowest BCUT2D eigenvalue weighted by Gasteiger charge is -2.21. The third-order valence-electron chi connectivity index (χ3n) is 3.99. The molecule has 4 nitrogen and oxygen atoms in total. The molecule has 20 heavy (non-hydrogen) atoms. The molecule has 0 fully saturated rings. The molecule has 1 aliphatic rings. The van der Waals surface area contributed by atoms with Crippen molar-refractivity contribution in [3.05, 3.63) is 33.4 Å². The summed E-state index contributed by atoms with van der Waals surface area (Å²) in [5.41, 5.74) is 8.07. The van der Waals surface area contributed by atoms with Crippen molar-refractivity contribution in [2.75, 3.05) is 6.61 Å². The lowest BCUT2D eigenvalue weighted by atomic mass is 9.87. The highest BCUT2D eigenvalue weighted by Gasteiger charge is 2.28. The number of carbonyl (C=O) groups is 1. The van der Waals surface area contributed by atoms with Crippen molar-refractivity contribution in [3.63, 3.8) is 0 Å². The number of rotatable bonds is 1. The molecule has 0 aliphatic heterocycles. The van der Waals surface area contributed by atoms with Crippen molar-refractivity contribution in [1.29, 1.82) is 0 Å². The van der Waals surface area contributed by atoms with Crippen LogP contribution in [-0.4, -0.2) is 22.3 Å². The van der Waals surface area contributed by atoms with Crippen molar-refractivity contribution in [1.82, 2.24) is 4.57 Å². The van der Waals surface area contributed by atoms with Crippen LogP contribution in [0.2, 0.25) is 10.0 Å². The van der Waals surface area contributed by atoms with Gasteiger partial charge in [0.25, 0.3) is 0 Å². The van der Waals surface area contributed by atoms with Gasteiger partial charge in [-0.2, -0.15) is 0 Å². The van der Waals surface area contributed by atoms with Gasteiger partial charge in [0.15, 0.2) is 0 Å². The van der Waals surface area contributed by atoms with Gasteiger partial charge in [-0.15, -0.1) is 0 Å². The van der Waals surface area contributed by atoms with Crippen molar-refractivity contribution >= 4 is 40.1 Å². The van der Waals surface area contributed by atoms with E-state index in [1.165, 1.54) is 4.57 Å². The minimum absolute atomic E-state index is 0.126. The summed E-state index contributed by atoms with van der Waals surface area (Å²) < 4.78 is 1.51. The van der Waals surface area contributed by atoms with Crippen LogP contribution in [0.15, 0.2) is 12.1 Å². The first-order valence-electron chi connectivity index (χ1n) is 6.45. The third-order valence-corrected chi connectivity index (χ3v) is 4.80. The molecule has 0 saturated heterocycles. The number of hydrogen-bond donors (Lipinski definition) is 2. The Bertz CT molecular complexity index is 709. The number of aliphatic hydroxyl groups is 1. The average Bonchev–Trinajstić information content (AvgIpc) is 2.76. The average molecular weight is 313 g/mol.